The van der Waals surface area contributed by atoms with Crippen LogP contribution in [0.1, 0.15) is 53.6 Å². The molecule has 5 rings (SSSR count). The summed E-state index contributed by atoms with van der Waals surface area (Å²) < 4.78 is 5.90. The summed E-state index contributed by atoms with van der Waals surface area (Å²) in [6, 6.07) is 7.74. The number of pyridine rings is 1. The number of fused-ring (bicyclic) bond motifs is 1. The van der Waals surface area contributed by atoms with E-state index in [1.54, 1.807) is 18.4 Å². The van der Waals surface area contributed by atoms with E-state index >= 15 is 0 Å². The highest BCUT2D eigenvalue weighted by atomic mass is 32.1. The maximum Gasteiger partial charge on any atom is 0.287 e. The molecule has 0 aliphatic carbocycles. The lowest BCUT2D eigenvalue weighted by Gasteiger charge is -2.37. The van der Waals surface area contributed by atoms with Gasteiger partial charge in [-0.05, 0) is 56.5 Å². The van der Waals surface area contributed by atoms with Crippen molar-refractivity contribution in [1.82, 2.24) is 19.9 Å². The fourth-order valence-corrected chi connectivity index (χ4v) is 5.50. The van der Waals surface area contributed by atoms with Crippen molar-refractivity contribution in [2.24, 2.45) is 10.9 Å². The molecule has 4 aromatic heterocycles. The zero-order chi connectivity index (χ0) is 25.9. The first-order chi connectivity index (χ1) is 17.9. The molecule has 1 fully saturated rings. The first kappa shape index (κ1) is 25.0. The number of hydrogen-bond acceptors (Lipinski definition) is 8. The van der Waals surface area contributed by atoms with Crippen LogP contribution in [0.3, 0.4) is 0 Å². The van der Waals surface area contributed by atoms with Gasteiger partial charge in [0, 0.05) is 37.6 Å². The first-order valence-electron chi connectivity index (χ1n) is 12.4. The molecule has 1 saturated heterocycles. The first-order valence-corrected chi connectivity index (χ1v) is 13.2. The maximum atomic E-state index is 12.5. The third kappa shape index (κ3) is 5.52. The molecule has 190 valence electrons. The number of nitrogens with one attached hydrogen (secondary N) is 1. The molecule has 9 heteroatoms. The van der Waals surface area contributed by atoms with E-state index in [4.69, 9.17) is 9.40 Å². The van der Waals surface area contributed by atoms with Gasteiger partial charge in [-0.15, -0.1) is 11.3 Å². The Balaban J connectivity index is 1.36. The van der Waals surface area contributed by atoms with Crippen molar-refractivity contribution in [2.45, 2.75) is 40.3 Å². The van der Waals surface area contributed by atoms with Gasteiger partial charge in [0.15, 0.2) is 0 Å². The minimum Gasteiger partial charge on any atom is -0.466 e. The fraction of sp³-hybridized carbons (Fsp3) is 0.321. The molecule has 1 amide bonds. The number of aliphatic imine (C=N–C) groups is 1. The summed E-state index contributed by atoms with van der Waals surface area (Å²) in [4.78, 5) is 34.0. The largest absolute Gasteiger partial charge is 0.466 e. The van der Waals surface area contributed by atoms with Crippen molar-refractivity contribution in [3.8, 4) is 11.3 Å². The smallest absolute Gasteiger partial charge is 0.287 e. The van der Waals surface area contributed by atoms with Crippen molar-refractivity contribution in [3.63, 3.8) is 0 Å². The van der Waals surface area contributed by atoms with Crippen LogP contribution in [0.2, 0.25) is 0 Å². The van der Waals surface area contributed by atoms with Gasteiger partial charge in [-0.25, -0.2) is 15.0 Å². The molecule has 0 saturated carbocycles. The summed E-state index contributed by atoms with van der Waals surface area (Å²) in [7, 11) is 0. The van der Waals surface area contributed by atoms with Crippen LogP contribution in [-0.4, -0.2) is 45.1 Å². The van der Waals surface area contributed by atoms with E-state index in [-0.39, 0.29) is 11.9 Å². The number of carbonyl (C=O) groups is 1. The molecule has 4 aromatic rings. The highest BCUT2D eigenvalue weighted by molar-refractivity contribution is 7.20. The van der Waals surface area contributed by atoms with Crippen LogP contribution in [0.25, 0.3) is 21.5 Å². The van der Waals surface area contributed by atoms with Gasteiger partial charge in [0.2, 0.25) is 0 Å². The zero-order valence-electron chi connectivity index (χ0n) is 21.4. The van der Waals surface area contributed by atoms with Crippen molar-refractivity contribution in [3.05, 3.63) is 70.9 Å². The van der Waals surface area contributed by atoms with Crippen LogP contribution < -0.4 is 5.32 Å². The second-order valence-electron chi connectivity index (χ2n) is 9.47. The number of aromatic nitrogens is 3. The Morgan fingerprint density at radius 2 is 2.16 bits per heavy atom. The normalized spacial score (nSPS) is 15.6. The molecule has 1 unspecified atom stereocenters. The topological polar surface area (TPSA) is 96.5 Å². The highest BCUT2D eigenvalue weighted by Crippen LogP contribution is 2.34. The Bertz CT molecular complexity index is 1460. The van der Waals surface area contributed by atoms with E-state index in [1.807, 2.05) is 39.1 Å². The molecule has 5 heterocycles. The summed E-state index contributed by atoms with van der Waals surface area (Å²) in [5.41, 5.74) is 3.01. The lowest BCUT2D eigenvalue weighted by atomic mass is 10.0. The average molecular weight is 515 g/mol. The van der Waals surface area contributed by atoms with Crippen molar-refractivity contribution < 1.29 is 9.21 Å². The van der Waals surface area contributed by atoms with Crippen molar-refractivity contribution >= 4 is 39.5 Å². The average Bonchev–Trinajstić information content (AvgIpc) is 3.51. The van der Waals surface area contributed by atoms with Crippen LogP contribution in [-0.2, 0) is 6.54 Å². The zero-order valence-corrected chi connectivity index (χ0v) is 22.2. The molecule has 37 heavy (non-hydrogen) atoms. The predicted octanol–water partition coefficient (Wildman–Crippen LogP) is 6.07. The Labute approximate surface area is 220 Å². The molecule has 1 aliphatic heterocycles. The van der Waals surface area contributed by atoms with Crippen LogP contribution in [0.4, 0.5) is 5.82 Å². The number of nitrogens with zero attached hydrogens (tertiary/aromatic N) is 5. The predicted molar refractivity (Wildman–Crippen MR) is 148 cm³/mol. The van der Waals surface area contributed by atoms with E-state index in [2.05, 4.69) is 44.2 Å². The molecule has 8 nitrogen and oxygen atoms in total. The number of rotatable bonds is 8. The molecule has 0 bridgehead atoms. The molecule has 0 radical (unpaired) electrons. The van der Waals surface area contributed by atoms with Gasteiger partial charge in [-0.1, -0.05) is 19.1 Å². The van der Waals surface area contributed by atoms with Crippen LogP contribution in [0.15, 0.2) is 58.3 Å². The van der Waals surface area contributed by atoms with Crippen LogP contribution >= 0.6 is 11.3 Å². The molecular weight excluding hydrogens is 484 g/mol. The summed E-state index contributed by atoms with van der Waals surface area (Å²) in [6.07, 6.45) is 8.67. The van der Waals surface area contributed by atoms with E-state index in [9.17, 15) is 4.79 Å². The third-order valence-corrected chi connectivity index (χ3v) is 7.29. The second kappa shape index (κ2) is 10.7. The summed E-state index contributed by atoms with van der Waals surface area (Å²) in [5.74, 6) is 2.52. The van der Waals surface area contributed by atoms with Gasteiger partial charge in [-0.2, -0.15) is 0 Å². The number of allylic oxidation sites excluding steroid dienone is 2. The Kier molecular flexibility index (Phi) is 7.25. The van der Waals surface area contributed by atoms with E-state index < -0.39 is 0 Å². The lowest BCUT2D eigenvalue weighted by molar-refractivity contribution is 0.101. The molecule has 1 atom stereocenters. The van der Waals surface area contributed by atoms with Gasteiger partial charge in [-0.3, -0.25) is 14.7 Å². The highest BCUT2D eigenvalue weighted by Gasteiger charge is 2.23. The third-order valence-electron chi connectivity index (χ3n) is 6.27. The quantitative estimate of drug-likeness (QED) is 0.285. The van der Waals surface area contributed by atoms with Crippen molar-refractivity contribution in [2.75, 3.05) is 18.4 Å². The molecular formula is C28H30N6O2S. The minimum absolute atomic E-state index is 0.196. The number of furan rings is 1. The summed E-state index contributed by atoms with van der Waals surface area (Å²) >= 11 is 1.31. The number of amides is 1. The SMILES string of the molecule is C/C=C/C=NC(=O)c1cc2c(NC(C)c3occc3-c3ccc(CN4CC(C)C4)cn3)nc(C)nc2s1. The van der Waals surface area contributed by atoms with Crippen LogP contribution in [0.5, 0.6) is 0 Å². The standard InChI is InChI=1S/C28H30N6O2S/c1-5-6-10-29-27(35)24-12-22-26(32-19(4)33-28(22)37-24)31-18(3)25-21(9-11-36-25)23-8-7-20(13-30-23)16-34-14-17(2)15-34/h5-13,17-18H,14-16H2,1-4H3,(H,31,32,33)/b6-5+,29-10?. The van der Waals surface area contributed by atoms with Crippen LogP contribution in [0, 0.1) is 12.8 Å². The number of likely N-dealkylation sites (tertiary alicyclic amines) is 1. The lowest BCUT2D eigenvalue weighted by Crippen LogP contribution is -2.44. The molecule has 0 spiro atoms. The number of thiophene rings is 1. The summed E-state index contributed by atoms with van der Waals surface area (Å²) in [5, 5.41) is 4.25. The van der Waals surface area contributed by atoms with Crippen molar-refractivity contribution in [1.29, 1.82) is 0 Å². The van der Waals surface area contributed by atoms with Gasteiger partial charge in [0.25, 0.3) is 5.91 Å². The maximum absolute atomic E-state index is 12.5. The number of carbonyl (C=O) groups excluding carboxylic acids is 1. The Morgan fingerprint density at radius 1 is 1.32 bits per heavy atom. The van der Waals surface area contributed by atoms with Gasteiger partial charge in [0.05, 0.1) is 28.3 Å². The van der Waals surface area contributed by atoms with E-state index in [0.29, 0.717) is 16.5 Å². The number of anilines is 1. The van der Waals surface area contributed by atoms with Gasteiger partial charge in [0.1, 0.15) is 22.2 Å². The van der Waals surface area contributed by atoms with E-state index in [0.717, 1.165) is 52.8 Å². The molecule has 1 N–H and O–H groups in total. The number of hydrogen-bond donors (Lipinski definition) is 1. The Hall–Kier alpha value is -3.69. The monoisotopic (exact) mass is 514 g/mol. The fourth-order valence-electron chi connectivity index (χ4n) is 4.54. The van der Waals surface area contributed by atoms with Gasteiger partial charge >= 0.3 is 0 Å². The van der Waals surface area contributed by atoms with E-state index in [1.165, 1.54) is 23.1 Å². The Morgan fingerprint density at radius 3 is 2.89 bits per heavy atom. The summed E-state index contributed by atoms with van der Waals surface area (Å²) in [6.45, 7) is 11.2. The second-order valence-corrected chi connectivity index (χ2v) is 10.5. The minimum atomic E-state index is -0.302. The molecule has 0 aromatic carbocycles. The molecule has 1 aliphatic rings. The number of aryl methyl sites for hydroxylation is 1. The van der Waals surface area contributed by atoms with Gasteiger partial charge < -0.3 is 9.73 Å².